The average molecular weight is 253 g/mol. The highest BCUT2D eigenvalue weighted by molar-refractivity contribution is 5.88. The summed E-state index contributed by atoms with van der Waals surface area (Å²) in [5.41, 5.74) is 5.53. The molecule has 0 bridgehead atoms. The maximum Gasteiger partial charge on any atom is 0.306 e. The van der Waals surface area contributed by atoms with Crippen LogP contribution in [0, 0.1) is 15.9 Å². The van der Waals surface area contributed by atoms with Gasteiger partial charge in [0.25, 0.3) is 0 Å². The third-order valence-electron chi connectivity index (χ3n) is 2.07. The van der Waals surface area contributed by atoms with Gasteiger partial charge in [0.1, 0.15) is 0 Å². The number of allylic oxidation sites excluding steroid dienone is 2. The minimum absolute atomic E-state index is 0.0272. The molecule has 6 nitrogen and oxygen atoms in total. The third kappa shape index (κ3) is 3.27. The van der Waals surface area contributed by atoms with Crippen molar-refractivity contribution in [3.05, 3.63) is 39.8 Å². The molecule has 0 unspecified atom stereocenters. The van der Waals surface area contributed by atoms with Crippen molar-refractivity contribution in [3.8, 4) is 0 Å². The molecule has 0 saturated carbocycles. The van der Waals surface area contributed by atoms with Crippen molar-refractivity contribution in [2.24, 2.45) is 0 Å². The number of anilines is 2. The van der Waals surface area contributed by atoms with E-state index in [-0.39, 0.29) is 17.2 Å². The summed E-state index contributed by atoms with van der Waals surface area (Å²) < 4.78 is 13.4. The standard InChI is InChI=1S/C11H12FN3O3/c1-6(3-7(2)16)14-10-4-8(12)11(15(17)18)5-9(10)13/h3-5,14H,13H2,1-2H3/b6-3+. The zero-order valence-electron chi connectivity index (χ0n) is 9.86. The van der Waals surface area contributed by atoms with Gasteiger partial charge in [0, 0.05) is 17.8 Å². The van der Waals surface area contributed by atoms with Crippen LogP contribution in [0.4, 0.5) is 21.5 Å². The molecule has 0 heterocycles. The van der Waals surface area contributed by atoms with E-state index >= 15 is 0 Å². The minimum atomic E-state index is -0.993. The van der Waals surface area contributed by atoms with Crippen molar-refractivity contribution in [1.29, 1.82) is 0 Å². The third-order valence-corrected chi connectivity index (χ3v) is 2.07. The summed E-state index contributed by atoms with van der Waals surface area (Å²) in [4.78, 5) is 20.5. The normalized spacial score (nSPS) is 11.2. The van der Waals surface area contributed by atoms with E-state index in [1.165, 1.54) is 13.0 Å². The number of nitrogen functional groups attached to an aromatic ring is 1. The lowest BCUT2D eigenvalue weighted by molar-refractivity contribution is -0.387. The van der Waals surface area contributed by atoms with Gasteiger partial charge in [-0.15, -0.1) is 0 Å². The van der Waals surface area contributed by atoms with E-state index in [4.69, 9.17) is 5.73 Å². The van der Waals surface area contributed by atoms with Gasteiger partial charge in [0.05, 0.1) is 16.3 Å². The number of halogens is 1. The number of nitrogens with two attached hydrogens (primary N) is 1. The molecule has 96 valence electrons. The Bertz CT molecular complexity index is 541. The van der Waals surface area contributed by atoms with Gasteiger partial charge in [-0.25, -0.2) is 0 Å². The fourth-order valence-corrected chi connectivity index (χ4v) is 1.38. The molecule has 0 radical (unpaired) electrons. The Kier molecular flexibility index (Phi) is 3.98. The summed E-state index contributed by atoms with van der Waals surface area (Å²) in [7, 11) is 0. The Morgan fingerprint density at radius 1 is 1.50 bits per heavy atom. The Morgan fingerprint density at radius 2 is 2.11 bits per heavy atom. The van der Waals surface area contributed by atoms with E-state index in [2.05, 4.69) is 5.32 Å². The zero-order valence-corrected chi connectivity index (χ0v) is 9.86. The SMILES string of the molecule is CC(=O)/C=C(\C)Nc1cc(F)c([N+](=O)[O-])cc1N. The summed E-state index contributed by atoms with van der Waals surface area (Å²) >= 11 is 0. The first-order valence-electron chi connectivity index (χ1n) is 5.00. The Hall–Kier alpha value is -2.44. The number of nitro benzene ring substituents is 1. The molecule has 0 aliphatic rings. The Balaban J connectivity index is 3.09. The van der Waals surface area contributed by atoms with Crippen LogP contribution in [-0.4, -0.2) is 10.7 Å². The van der Waals surface area contributed by atoms with Crippen LogP contribution >= 0.6 is 0 Å². The quantitative estimate of drug-likeness (QED) is 0.371. The van der Waals surface area contributed by atoms with Crippen molar-refractivity contribution in [2.45, 2.75) is 13.8 Å². The van der Waals surface area contributed by atoms with Crippen LogP contribution < -0.4 is 11.1 Å². The summed E-state index contributed by atoms with van der Waals surface area (Å²) in [6, 6.07) is 1.85. The van der Waals surface area contributed by atoms with Crippen LogP contribution in [0.3, 0.4) is 0 Å². The molecule has 3 N–H and O–H groups in total. The zero-order chi connectivity index (χ0) is 13.9. The summed E-state index contributed by atoms with van der Waals surface area (Å²) in [5, 5.41) is 13.2. The van der Waals surface area contributed by atoms with Gasteiger partial charge in [0.2, 0.25) is 5.82 Å². The van der Waals surface area contributed by atoms with Gasteiger partial charge >= 0.3 is 5.69 Å². The Labute approximate surface area is 102 Å². The number of benzene rings is 1. The first-order valence-corrected chi connectivity index (χ1v) is 5.00. The maximum absolute atomic E-state index is 13.4. The molecular formula is C11H12FN3O3. The molecule has 0 atom stereocenters. The highest BCUT2D eigenvalue weighted by Crippen LogP contribution is 2.28. The van der Waals surface area contributed by atoms with Crippen molar-refractivity contribution in [2.75, 3.05) is 11.1 Å². The van der Waals surface area contributed by atoms with E-state index in [1.807, 2.05) is 0 Å². The summed E-state index contributed by atoms with van der Waals surface area (Å²) in [6.07, 6.45) is 1.30. The fourth-order valence-electron chi connectivity index (χ4n) is 1.38. The van der Waals surface area contributed by atoms with Gasteiger partial charge in [-0.1, -0.05) is 0 Å². The number of hydrogen-bond donors (Lipinski definition) is 2. The average Bonchev–Trinajstić information content (AvgIpc) is 2.21. The second-order valence-electron chi connectivity index (χ2n) is 3.71. The van der Waals surface area contributed by atoms with Gasteiger partial charge < -0.3 is 11.1 Å². The lowest BCUT2D eigenvalue weighted by Crippen LogP contribution is -2.04. The summed E-state index contributed by atoms with van der Waals surface area (Å²) in [5.74, 6) is -1.17. The van der Waals surface area contributed by atoms with Crippen LogP contribution in [0.2, 0.25) is 0 Å². The number of carbonyl (C=O) groups is 1. The number of nitrogens with zero attached hydrogens (tertiary/aromatic N) is 1. The molecule has 1 rings (SSSR count). The lowest BCUT2D eigenvalue weighted by Gasteiger charge is -2.09. The lowest BCUT2D eigenvalue weighted by atomic mass is 10.2. The van der Waals surface area contributed by atoms with Gasteiger partial charge in [-0.3, -0.25) is 14.9 Å². The van der Waals surface area contributed by atoms with Crippen LogP contribution in [0.15, 0.2) is 23.9 Å². The van der Waals surface area contributed by atoms with E-state index in [0.717, 1.165) is 12.1 Å². The van der Waals surface area contributed by atoms with Crippen LogP contribution in [-0.2, 0) is 4.79 Å². The highest BCUT2D eigenvalue weighted by Gasteiger charge is 2.17. The first-order chi connectivity index (χ1) is 8.31. The molecule has 0 amide bonds. The first kappa shape index (κ1) is 13.6. The van der Waals surface area contributed by atoms with Gasteiger partial charge in [-0.2, -0.15) is 4.39 Å². The molecule has 0 aliphatic carbocycles. The fraction of sp³-hybridized carbons (Fsp3) is 0.182. The molecular weight excluding hydrogens is 241 g/mol. The van der Waals surface area contributed by atoms with E-state index in [9.17, 15) is 19.3 Å². The predicted molar refractivity (Wildman–Crippen MR) is 65.5 cm³/mol. The molecule has 0 fully saturated rings. The van der Waals surface area contributed by atoms with E-state index in [0.29, 0.717) is 5.70 Å². The van der Waals surface area contributed by atoms with E-state index < -0.39 is 16.4 Å². The molecule has 1 aromatic rings. The molecule has 0 aromatic heterocycles. The second-order valence-corrected chi connectivity index (χ2v) is 3.71. The maximum atomic E-state index is 13.4. The molecule has 18 heavy (non-hydrogen) atoms. The molecule has 7 heteroatoms. The van der Waals surface area contributed by atoms with Crippen LogP contribution in [0.25, 0.3) is 0 Å². The van der Waals surface area contributed by atoms with Crippen LogP contribution in [0.1, 0.15) is 13.8 Å². The number of nitrogens with one attached hydrogen (secondary N) is 1. The number of nitro groups is 1. The van der Waals surface area contributed by atoms with Crippen molar-refractivity contribution in [1.82, 2.24) is 0 Å². The van der Waals surface area contributed by atoms with Gasteiger partial charge in [0.15, 0.2) is 5.78 Å². The van der Waals surface area contributed by atoms with E-state index in [1.54, 1.807) is 6.92 Å². The largest absolute Gasteiger partial charge is 0.397 e. The number of carbonyl (C=O) groups excluding carboxylic acids is 1. The number of ketones is 1. The van der Waals surface area contributed by atoms with Crippen molar-refractivity contribution >= 4 is 22.8 Å². The Morgan fingerprint density at radius 3 is 2.61 bits per heavy atom. The minimum Gasteiger partial charge on any atom is -0.397 e. The predicted octanol–water partition coefficient (Wildman–Crippen LogP) is 2.22. The monoisotopic (exact) mass is 253 g/mol. The highest BCUT2D eigenvalue weighted by atomic mass is 19.1. The number of rotatable bonds is 4. The van der Waals surface area contributed by atoms with Gasteiger partial charge in [-0.05, 0) is 19.9 Å². The molecule has 0 spiro atoms. The topological polar surface area (TPSA) is 98.3 Å². The van der Waals surface area contributed by atoms with Crippen LogP contribution in [0.5, 0.6) is 0 Å². The van der Waals surface area contributed by atoms with Crippen molar-refractivity contribution < 1.29 is 14.1 Å². The van der Waals surface area contributed by atoms with Crippen molar-refractivity contribution in [3.63, 3.8) is 0 Å². The molecule has 0 aliphatic heterocycles. The molecule has 1 aromatic carbocycles. The summed E-state index contributed by atoms with van der Waals surface area (Å²) in [6.45, 7) is 2.96. The second kappa shape index (κ2) is 5.26. The molecule has 0 saturated heterocycles. The number of hydrogen-bond acceptors (Lipinski definition) is 5. The smallest absolute Gasteiger partial charge is 0.306 e.